The highest BCUT2D eigenvalue weighted by Gasteiger charge is 2.03. The van der Waals surface area contributed by atoms with Gasteiger partial charge in [0.05, 0.1) is 12.2 Å². The molecule has 102 valence electrons. The molecule has 0 amide bonds. The van der Waals surface area contributed by atoms with Crippen LogP contribution in [0.25, 0.3) is 0 Å². The van der Waals surface area contributed by atoms with Gasteiger partial charge in [0.25, 0.3) is 0 Å². The minimum atomic E-state index is 0.614. The number of hydrogen-bond acceptors (Lipinski definition) is 4. The average Bonchev–Trinajstić information content (AvgIpc) is 2.81. The Bertz CT molecular complexity index is 372. The monoisotopic (exact) mass is 269 g/mol. The molecule has 1 aromatic heterocycles. The second-order valence-electron chi connectivity index (χ2n) is 4.14. The lowest BCUT2D eigenvalue weighted by Gasteiger charge is -2.09. The van der Waals surface area contributed by atoms with E-state index < -0.39 is 0 Å². The second-order valence-corrected chi connectivity index (χ2v) is 4.97. The summed E-state index contributed by atoms with van der Waals surface area (Å²) >= 11 is 1.65. The number of guanidine groups is 1. The zero-order valence-electron chi connectivity index (χ0n) is 11.7. The summed E-state index contributed by atoms with van der Waals surface area (Å²) in [6, 6.07) is 0. The number of nitrogens with zero attached hydrogens (tertiary/aromatic N) is 3. The molecule has 0 spiro atoms. The normalized spacial score (nSPS) is 11.4. The molecule has 0 saturated carbocycles. The minimum absolute atomic E-state index is 0.614. The Morgan fingerprint density at radius 1 is 1.39 bits per heavy atom. The maximum absolute atomic E-state index is 4.51. The van der Waals surface area contributed by atoms with Crippen molar-refractivity contribution in [2.24, 2.45) is 4.99 Å². The Morgan fingerprint density at radius 2 is 2.17 bits per heavy atom. The predicted octanol–water partition coefficient (Wildman–Crippen LogP) is 1.67. The van der Waals surface area contributed by atoms with Crippen molar-refractivity contribution in [3.63, 3.8) is 0 Å². The summed E-state index contributed by atoms with van der Waals surface area (Å²) in [5, 5.41) is 9.57. The van der Waals surface area contributed by atoms with Gasteiger partial charge in [-0.05, 0) is 13.3 Å². The zero-order valence-corrected chi connectivity index (χ0v) is 12.5. The molecule has 6 heteroatoms. The maximum atomic E-state index is 4.51. The highest BCUT2D eigenvalue weighted by atomic mass is 32.1. The van der Waals surface area contributed by atoms with E-state index in [1.54, 1.807) is 11.3 Å². The van der Waals surface area contributed by atoms with E-state index in [1.165, 1.54) is 0 Å². The number of anilines is 1. The van der Waals surface area contributed by atoms with Gasteiger partial charge in [0.1, 0.15) is 0 Å². The molecule has 5 nitrogen and oxygen atoms in total. The number of thiazole rings is 1. The molecule has 1 aromatic rings. The van der Waals surface area contributed by atoms with Crippen LogP contribution in [0.4, 0.5) is 5.13 Å². The van der Waals surface area contributed by atoms with Gasteiger partial charge in [-0.25, -0.2) is 9.98 Å². The van der Waals surface area contributed by atoms with Gasteiger partial charge < -0.3 is 15.5 Å². The summed E-state index contributed by atoms with van der Waals surface area (Å²) in [5.41, 5.74) is 1.01. The topological polar surface area (TPSA) is 52.6 Å². The molecule has 0 aliphatic carbocycles. The Hall–Kier alpha value is -1.30. The number of aliphatic imine (C=N–C) groups is 1. The lowest BCUT2D eigenvalue weighted by Crippen LogP contribution is -2.37. The fraction of sp³-hybridized carbons (Fsp3) is 0.667. The summed E-state index contributed by atoms with van der Waals surface area (Å²) in [7, 11) is 4.00. The van der Waals surface area contributed by atoms with Crippen molar-refractivity contribution in [2.45, 2.75) is 26.8 Å². The third-order valence-electron chi connectivity index (χ3n) is 2.21. The molecular weight excluding hydrogens is 246 g/mol. The summed E-state index contributed by atoms with van der Waals surface area (Å²) in [6.45, 7) is 6.63. The molecule has 0 atom stereocenters. The molecule has 0 unspecified atom stereocenters. The standard InChI is InChI=1S/C12H23N5S/c1-5-7-14-11(13-6-2)15-8-10-9-18-12(16-10)17(3)4/h9H,5-8H2,1-4H3,(H2,13,14,15). The van der Waals surface area contributed by atoms with Crippen LogP contribution in [0, 0.1) is 0 Å². The average molecular weight is 269 g/mol. The Balaban J connectivity index is 2.56. The van der Waals surface area contributed by atoms with Gasteiger partial charge >= 0.3 is 0 Å². The van der Waals surface area contributed by atoms with Crippen molar-refractivity contribution in [3.8, 4) is 0 Å². The fourth-order valence-corrected chi connectivity index (χ4v) is 2.07. The van der Waals surface area contributed by atoms with Crippen molar-refractivity contribution < 1.29 is 0 Å². The third kappa shape index (κ3) is 4.91. The first-order valence-electron chi connectivity index (χ1n) is 6.31. The molecule has 1 heterocycles. The van der Waals surface area contributed by atoms with E-state index >= 15 is 0 Å². The van der Waals surface area contributed by atoms with Crippen LogP contribution in [0.5, 0.6) is 0 Å². The Kier molecular flexibility index (Phi) is 6.49. The number of hydrogen-bond donors (Lipinski definition) is 2. The number of aromatic nitrogens is 1. The van der Waals surface area contributed by atoms with Crippen LogP contribution in [0.3, 0.4) is 0 Å². The molecule has 0 bridgehead atoms. The van der Waals surface area contributed by atoms with Crippen molar-refractivity contribution >= 4 is 22.4 Å². The van der Waals surface area contributed by atoms with Crippen LogP contribution in [0.1, 0.15) is 26.0 Å². The second kappa shape index (κ2) is 7.92. The minimum Gasteiger partial charge on any atom is -0.357 e. The summed E-state index contributed by atoms with van der Waals surface area (Å²) < 4.78 is 0. The lowest BCUT2D eigenvalue weighted by molar-refractivity contribution is 0.783. The van der Waals surface area contributed by atoms with E-state index in [2.05, 4.69) is 39.8 Å². The van der Waals surface area contributed by atoms with Gasteiger partial charge in [-0.1, -0.05) is 6.92 Å². The fourth-order valence-electron chi connectivity index (χ4n) is 1.32. The van der Waals surface area contributed by atoms with Crippen LogP contribution < -0.4 is 15.5 Å². The molecule has 0 aliphatic rings. The van der Waals surface area contributed by atoms with Gasteiger partial charge in [-0.3, -0.25) is 0 Å². The van der Waals surface area contributed by atoms with E-state index in [-0.39, 0.29) is 0 Å². The van der Waals surface area contributed by atoms with Crippen molar-refractivity contribution in [3.05, 3.63) is 11.1 Å². The highest BCUT2D eigenvalue weighted by molar-refractivity contribution is 7.13. The molecule has 2 N–H and O–H groups in total. The first-order valence-corrected chi connectivity index (χ1v) is 7.19. The molecule has 0 fully saturated rings. The largest absolute Gasteiger partial charge is 0.357 e. The summed E-state index contributed by atoms with van der Waals surface area (Å²) in [5.74, 6) is 0.860. The van der Waals surface area contributed by atoms with Gasteiger partial charge in [0.15, 0.2) is 11.1 Å². The Morgan fingerprint density at radius 3 is 2.72 bits per heavy atom. The predicted molar refractivity (Wildman–Crippen MR) is 79.6 cm³/mol. The zero-order chi connectivity index (χ0) is 13.4. The third-order valence-corrected chi connectivity index (χ3v) is 3.27. The van der Waals surface area contributed by atoms with Gasteiger partial charge in [-0.2, -0.15) is 0 Å². The SMILES string of the molecule is CCCNC(=NCc1csc(N(C)C)n1)NCC. The van der Waals surface area contributed by atoms with Crippen LogP contribution in [-0.2, 0) is 6.54 Å². The molecule has 0 saturated heterocycles. The summed E-state index contributed by atoms with van der Waals surface area (Å²) in [6.07, 6.45) is 1.09. The summed E-state index contributed by atoms with van der Waals surface area (Å²) in [4.78, 5) is 11.0. The van der Waals surface area contributed by atoms with Crippen molar-refractivity contribution in [2.75, 3.05) is 32.1 Å². The maximum Gasteiger partial charge on any atom is 0.191 e. The van der Waals surface area contributed by atoms with Gasteiger partial charge in [0, 0.05) is 32.6 Å². The van der Waals surface area contributed by atoms with E-state index in [1.807, 2.05) is 19.0 Å². The van der Waals surface area contributed by atoms with E-state index in [0.717, 1.165) is 36.3 Å². The molecular formula is C12H23N5S. The molecule has 0 aliphatic heterocycles. The molecule has 18 heavy (non-hydrogen) atoms. The van der Waals surface area contributed by atoms with Crippen LogP contribution in [0.15, 0.2) is 10.4 Å². The van der Waals surface area contributed by atoms with Crippen molar-refractivity contribution in [1.29, 1.82) is 0 Å². The van der Waals surface area contributed by atoms with Crippen LogP contribution in [-0.4, -0.2) is 38.1 Å². The van der Waals surface area contributed by atoms with E-state index in [4.69, 9.17) is 0 Å². The van der Waals surface area contributed by atoms with Crippen molar-refractivity contribution in [1.82, 2.24) is 15.6 Å². The highest BCUT2D eigenvalue weighted by Crippen LogP contribution is 2.18. The van der Waals surface area contributed by atoms with Gasteiger partial charge in [0.2, 0.25) is 0 Å². The molecule has 0 radical (unpaired) electrons. The first kappa shape index (κ1) is 14.8. The first-order chi connectivity index (χ1) is 8.67. The lowest BCUT2D eigenvalue weighted by atomic mass is 10.5. The van der Waals surface area contributed by atoms with Crippen LogP contribution in [0.2, 0.25) is 0 Å². The number of rotatable bonds is 6. The quantitative estimate of drug-likeness (QED) is 0.609. The Labute approximate surface area is 113 Å². The molecule has 1 rings (SSSR count). The molecule has 0 aromatic carbocycles. The van der Waals surface area contributed by atoms with E-state index in [0.29, 0.717) is 6.54 Å². The smallest absolute Gasteiger partial charge is 0.191 e. The van der Waals surface area contributed by atoms with Gasteiger partial charge in [-0.15, -0.1) is 11.3 Å². The number of nitrogens with one attached hydrogen (secondary N) is 2. The van der Waals surface area contributed by atoms with E-state index in [9.17, 15) is 0 Å². The van der Waals surface area contributed by atoms with Crippen LogP contribution >= 0.6 is 11.3 Å².